The van der Waals surface area contributed by atoms with Crippen LogP contribution in [0.3, 0.4) is 0 Å². The van der Waals surface area contributed by atoms with E-state index < -0.39 is 10.2 Å². The van der Waals surface area contributed by atoms with Crippen LogP contribution in [0.25, 0.3) is 0 Å². The molecule has 0 saturated carbocycles. The first-order chi connectivity index (χ1) is 6.05. The number of nitrogens with two attached hydrogens (primary N) is 1. The van der Waals surface area contributed by atoms with E-state index in [1.165, 1.54) is 4.31 Å². The van der Waals surface area contributed by atoms with Crippen LogP contribution in [0, 0.1) is 0 Å². The average Bonchev–Trinajstić information content (AvgIpc) is 2.04. The highest BCUT2D eigenvalue weighted by atomic mass is 32.2. The van der Waals surface area contributed by atoms with Gasteiger partial charge < -0.3 is 4.74 Å². The van der Waals surface area contributed by atoms with Crippen LogP contribution in [-0.4, -0.2) is 38.5 Å². The van der Waals surface area contributed by atoms with Crippen molar-refractivity contribution < 1.29 is 13.2 Å². The highest BCUT2D eigenvalue weighted by Gasteiger charge is 2.29. The summed E-state index contributed by atoms with van der Waals surface area (Å²) in [6, 6.07) is -0.193. The number of morpholine rings is 1. The SMILES string of the molecule is C=CCC1COCCN1S(N)(=O)=O. The molecule has 1 aliphatic rings. The van der Waals surface area contributed by atoms with Gasteiger partial charge in [0.25, 0.3) is 10.2 Å². The molecule has 0 spiro atoms. The highest BCUT2D eigenvalue weighted by molar-refractivity contribution is 7.86. The molecule has 13 heavy (non-hydrogen) atoms. The Bertz CT molecular complexity index is 275. The number of hydrogen-bond acceptors (Lipinski definition) is 3. The van der Waals surface area contributed by atoms with Crippen molar-refractivity contribution in [2.75, 3.05) is 19.8 Å². The first kappa shape index (κ1) is 10.6. The third-order valence-corrected chi connectivity index (χ3v) is 3.07. The maximum atomic E-state index is 11.1. The van der Waals surface area contributed by atoms with Crippen molar-refractivity contribution in [2.24, 2.45) is 5.14 Å². The van der Waals surface area contributed by atoms with Crippen molar-refractivity contribution in [3.8, 4) is 0 Å². The summed E-state index contributed by atoms with van der Waals surface area (Å²) in [4.78, 5) is 0. The van der Waals surface area contributed by atoms with Crippen LogP contribution in [0.2, 0.25) is 0 Å². The standard InChI is InChI=1S/C7H14N2O3S/c1-2-3-7-6-12-5-4-9(7)13(8,10)11/h2,7H,1,3-6H2,(H2,8,10,11). The molecule has 1 atom stereocenters. The fourth-order valence-corrected chi connectivity index (χ4v) is 2.24. The Balaban J connectivity index is 2.73. The number of rotatable bonds is 3. The third-order valence-electron chi connectivity index (χ3n) is 1.94. The summed E-state index contributed by atoms with van der Waals surface area (Å²) in [6.45, 7) is 4.68. The van der Waals surface area contributed by atoms with Gasteiger partial charge in [-0.3, -0.25) is 0 Å². The number of nitrogens with zero attached hydrogens (tertiary/aromatic N) is 1. The zero-order valence-corrected chi connectivity index (χ0v) is 8.16. The first-order valence-corrected chi connectivity index (χ1v) is 5.54. The first-order valence-electron chi connectivity index (χ1n) is 4.04. The normalized spacial score (nSPS) is 25.8. The zero-order chi connectivity index (χ0) is 9.90. The van der Waals surface area contributed by atoms with Gasteiger partial charge in [0.2, 0.25) is 0 Å². The van der Waals surface area contributed by atoms with E-state index in [2.05, 4.69) is 6.58 Å². The van der Waals surface area contributed by atoms with E-state index in [1.807, 2.05) is 0 Å². The molecule has 1 fully saturated rings. The summed E-state index contributed by atoms with van der Waals surface area (Å²) in [7, 11) is -3.59. The summed E-state index contributed by atoms with van der Waals surface area (Å²) < 4.78 is 28.6. The van der Waals surface area contributed by atoms with Gasteiger partial charge in [-0.05, 0) is 6.42 Å². The zero-order valence-electron chi connectivity index (χ0n) is 7.35. The maximum Gasteiger partial charge on any atom is 0.277 e. The van der Waals surface area contributed by atoms with Crippen molar-refractivity contribution in [3.05, 3.63) is 12.7 Å². The lowest BCUT2D eigenvalue weighted by Crippen LogP contribution is -2.50. The molecule has 0 radical (unpaired) electrons. The summed E-state index contributed by atoms with van der Waals surface area (Å²) in [5.41, 5.74) is 0. The van der Waals surface area contributed by atoms with E-state index in [1.54, 1.807) is 6.08 Å². The summed E-state index contributed by atoms with van der Waals surface area (Å²) >= 11 is 0. The smallest absolute Gasteiger partial charge is 0.277 e. The summed E-state index contributed by atoms with van der Waals surface area (Å²) in [5.74, 6) is 0. The molecule has 2 N–H and O–H groups in total. The van der Waals surface area contributed by atoms with Crippen molar-refractivity contribution in [1.29, 1.82) is 0 Å². The van der Waals surface area contributed by atoms with Crippen LogP contribution in [0.5, 0.6) is 0 Å². The minimum atomic E-state index is -3.59. The third kappa shape index (κ3) is 2.77. The van der Waals surface area contributed by atoms with E-state index in [-0.39, 0.29) is 6.04 Å². The molecule has 0 amide bonds. The number of ether oxygens (including phenoxy) is 1. The van der Waals surface area contributed by atoms with Gasteiger partial charge in [0, 0.05) is 6.54 Å². The molecule has 76 valence electrons. The van der Waals surface area contributed by atoms with E-state index in [0.29, 0.717) is 26.2 Å². The Morgan fingerprint density at radius 1 is 1.69 bits per heavy atom. The minimum absolute atomic E-state index is 0.193. The molecule has 1 heterocycles. The van der Waals surface area contributed by atoms with Gasteiger partial charge in [-0.25, -0.2) is 5.14 Å². The molecule has 0 aromatic heterocycles. The van der Waals surface area contributed by atoms with E-state index >= 15 is 0 Å². The Morgan fingerprint density at radius 3 is 2.92 bits per heavy atom. The lowest BCUT2D eigenvalue weighted by molar-refractivity contribution is 0.0338. The van der Waals surface area contributed by atoms with Gasteiger partial charge in [-0.2, -0.15) is 12.7 Å². The Morgan fingerprint density at radius 2 is 2.38 bits per heavy atom. The number of hydrogen-bond donors (Lipinski definition) is 1. The van der Waals surface area contributed by atoms with Crippen LogP contribution in [0.4, 0.5) is 0 Å². The second-order valence-electron chi connectivity index (χ2n) is 2.91. The van der Waals surface area contributed by atoms with Crippen LogP contribution in [0.1, 0.15) is 6.42 Å². The Labute approximate surface area is 78.3 Å². The largest absolute Gasteiger partial charge is 0.378 e. The van der Waals surface area contributed by atoms with Gasteiger partial charge in [0.05, 0.1) is 19.3 Å². The molecule has 0 aromatic rings. The Hall–Kier alpha value is -0.430. The molecule has 5 nitrogen and oxygen atoms in total. The molecular formula is C7H14N2O3S. The molecule has 1 aliphatic heterocycles. The molecule has 1 rings (SSSR count). The van der Waals surface area contributed by atoms with Crippen LogP contribution in [-0.2, 0) is 14.9 Å². The van der Waals surface area contributed by atoms with Crippen LogP contribution in [0.15, 0.2) is 12.7 Å². The molecule has 0 bridgehead atoms. The van der Waals surface area contributed by atoms with Crippen molar-refractivity contribution in [1.82, 2.24) is 4.31 Å². The van der Waals surface area contributed by atoms with Gasteiger partial charge in [0.15, 0.2) is 0 Å². The quantitative estimate of drug-likeness (QED) is 0.631. The molecular weight excluding hydrogens is 192 g/mol. The second kappa shape index (κ2) is 4.19. The van der Waals surface area contributed by atoms with Crippen molar-refractivity contribution >= 4 is 10.2 Å². The van der Waals surface area contributed by atoms with Crippen molar-refractivity contribution in [3.63, 3.8) is 0 Å². The molecule has 1 unspecified atom stereocenters. The van der Waals surface area contributed by atoms with Gasteiger partial charge >= 0.3 is 0 Å². The second-order valence-corrected chi connectivity index (χ2v) is 4.41. The topological polar surface area (TPSA) is 72.6 Å². The van der Waals surface area contributed by atoms with Crippen LogP contribution >= 0.6 is 0 Å². The van der Waals surface area contributed by atoms with Gasteiger partial charge in [-0.15, -0.1) is 6.58 Å². The van der Waals surface area contributed by atoms with E-state index in [0.717, 1.165) is 0 Å². The molecule has 0 aliphatic carbocycles. The fraction of sp³-hybridized carbons (Fsp3) is 0.714. The Kier molecular flexibility index (Phi) is 3.43. The summed E-state index contributed by atoms with van der Waals surface area (Å²) in [6.07, 6.45) is 2.23. The molecule has 0 aromatic carbocycles. The molecule has 1 saturated heterocycles. The lowest BCUT2D eigenvalue weighted by Gasteiger charge is -2.32. The molecule has 6 heteroatoms. The van der Waals surface area contributed by atoms with Gasteiger partial charge in [0.1, 0.15) is 0 Å². The van der Waals surface area contributed by atoms with Crippen LogP contribution < -0.4 is 5.14 Å². The van der Waals surface area contributed by atoms with Crippen molar-refractivity contribution in [2.45, 2.75) is 12.5 Å². The highest BCUT2D eigenvalue weighted by Crippen LogP contribution is 2.12. The fourth-order valence-electron chi connectivity index (χ4n) is 1.35. The predicted octanol–water partition coefficient (Wildman–Crippen LogP) is -0.533. The van der Waals surface area contributed by atoms with Gasteiger partial charge in [-0.1, -0.05) is 6.08 Å². The maximum absolute atomic E-state index is 11.1. The minimum Gasteiger partial charge on any atom is -0.378 e. The lowest BCUT2D eigenvalue weighted by atomic mass is 10.2. The average molecular weight is 206 g/mol. The van der Waals surface area contributed by atoms with E-state index in [9.17, 15) is 8.42 Å². The van der Waals surface area contributed by atoms with E-state index in [4.69, 9.17) is 9.88 Å². The monoisotopic (exact) mass is 206 g/mol. The summed E-state index contributed by atoms with van der Waals surface area (Å²) in [5, 5.41) is 5.04. The predicted molar refractivity (Wildman–Crippen MR) is 49.2 cm³/mol.